The summed E-state index contributed by atoms with van der Waals surface area (Å²) < 4.78 is 35.1. The molecule has 1 amide bonds. The van der Waals surface area contributed by atoms with E-state index in [1.807, 2.05) is 41.9 Å². The number of hydrogen-bond acceptors (Lipinski definition) is 5. The quantitative estimate of drug-likeness (QED) is 0.477. The van der Waals surface area contributed by atoms with Crippen LogP contribution < -0.4 is 0 Å². The first-order chi connectivity index (χ1) is 15.4. The van der Waals surface area contributed by atoms with Crippen LogP contribution in [-0.4, -0.2) is 59.1 Å². The molecule has 1 aliphatic heterocycles. The third kappa shape index (κ3) is 3.59. The first kappa shape index (κ1) is 20.5. The number of carbonyl (C=O) groups is 1. The summed E-state index contributed by atoms with van der Waals surface area (Å²) in [4.78, 5) is 18.9. The SMILES string of the molecule is Cc1cccn2cc(-c3cccc(S(=O)(=O)N4CCN(C(=O)c5ccco5)CC4)c3)nc12. The zero-order valence-corrected chi connectivity index (χ0v) is 18.3. The highest BCUT2D eigenvalue weighted by atomic mass is 32.2. The fourth-order valence-corrected chi connectivity index (χ4v) is 5.41. The fourth-order valence-electron chi connectivity index (χ4n) is 3.95. The maximum Gasteiger partial charge on any atom is 0.289 e. The van der Waals surface area contributed by atoms with Crippen LogP contribution in [0.15, 0.2) is 76.5 Å². The van der Waals surface area contributed by atoms with Crippen LogP contribution >= 0.6 is 0 Å². The second-order valence-corrected chi connectivity index (χ2v) is 9.69. The molecule has 5 rings (SSSR count). The van der Waals surface area contributed by atoms with Crippen LogP contribution in [0.4, 0.5) is 0 Å². The Morgan fingerprint density at radius 3 is 2.56 bits per heavy atom. The molecular weight excluding hydrogens is 428 g/mol. The number of furan rings is 1. The molecule has 0 saturated carbocycles. The van der Waals surface area contributed by atoms with Crippen LogP contribution in [0.5, 0.6) is 0 Å². The van der Waals surface area contributed by atoms with Gasteiger partial charge < -0.3 is 13.7 Å². The van der Waals surface area contributed by atoms with Crippen LogP contribution in [0.3, 0.4) is 0 Å². The Hall–Kier alpha value is -3.43. The van der Waals surface area contributed by atoms with Crippen LogP contribution in [-0.2, 0) is 10.0 Å². The number of hydrogen-bond donors (Lipinski definition) is 0. The predicted molar refractivity (Wildman–Crippen MR) is 119 cm³/mol. The van der Waals surface area contributed by atoms with E-state index in [1.54, 1.807) is 35.2 Å². The second-order valence-electron chi connectivity index (χ2n) is 7.75. The number of benzene rings is 1. The van der Waals surface area contributed by atoms with E-state index >= 15 is 0 Å². The van der Waals surface area contributed by atoms with Crippen molar-refractivity contribution in [2.45, 2.75) is 11.8 Å². The van der Waals surface area contributed by atoms with E-state index < -0.39 is 10.0 Å². The van der Waals surface area contributed by atoms with E-state index in [1.165, 1.54) is 10.6 Å². The van der Waals surface area contributed by atoms with Gasteiger partial charge in [0.25, 0.3) is 5.91 Å². The average Bonchev–Trinajstić information content (AvgIpc) is 3.50. The molecule has 1 saturated heterocycles. The monoisotopic (exact) mass is 450 g/mol. The molecule has 0 unspecified atom stereocenters. The van der Waals surface area contributed by atoms with Gasteiger partial charge in [-0.1, -0.05) is 18.2 Å². The first-order valence-electron chi connectivity index (χ1n) is 10.3. The maximum atomic E-state index is 13.3. The van der Waals surface area contributed by atoms with Gasteiger partial charge in [-0.05, 0) is 42.8 Å². The molecule has 0 atom stereocenters. The first-order valence-corrected chi connectivity index (χ1v) is 11.8. The molecule has 1 aliphatic rings. The minimum atomic E-state index is -3.70. The minimum Gasteiger partial charge on any atom is -0.459 e. The summed E-state index contributed by atoms with van der Waals surface area (Å²) in [6.07, 6.45) is 5.27. The van der Waals surface area contributed by atoms with Crippen LogP contribution in [0.2, 0.25) is 0 Å². The van der Waals surface area contributed by atoms with Crippen molar-refractivity contribution in [3.8, 4) is 11.3 Å². The number of fused-ring (bicyclic) bond motifs is 1. The number of imidazole rings is 1. The molecule has 4 heterocycles. The normalized spacial score (nSPS) is 15.3. The van der Waals surface area contributed by atoms with Crippen LogP contribution in [0.25, 0.3) is 16.9 Å². The van der Waals surface area contributed by atoms with E-state index in [4.69, 9.17) is 4.42 Å². The molecule has 0 N–H and O–H groups in total. The van der Waals surface area contributed by atoms with Crippen molar-refractivity contribution in [2.24, 2.45) is 0 Å². The summed E-state index contributed by atoms with van der Waals surface area (Å²) in [7, 11) is -3.70. The third-order valence-corrected chi connectivity index (χ3v) is 7.60. The largest absolute Gasteiger partial charge is 0.459 e. The molecule has 0 radical (unpaired) electrons. The Balaban J connectivity index is 1.36. The number of rotatable bonds is 4. The maximum absolute atomic E-state index is 13.3. The van der Waals surface area contributed by atoms with Gasteiger partial charge in [-0.2, -0.15) is 4.31 Å². The van der Waals surface area contributed by atoms with Crippen molar-refractivity contribution in [1.82, 2.24) is 18.6 Å². The average molecular weight is 451 g/mol. The minimum absolute atomic E-state index is 0.217. The van der Waals surface area contributed by atoms with Crippen LogP contribution in [0, 0.1) is 6.92 Å². The van der Waals surface area contributed by atoms with Gasteiger partial charge in [0.15, 0.2) is 5.76 Å². The van der Waals surface area contributed by atoms with Crippen molar-refractivity contribution in [2.75, 3.05) is 26.2 Å². The zero-order valence-electron chi connectivity index (χ0n) is 17.5. The molecule has 8 nitrogen and oxygen atoms in total. The number of aromatic nitrogens is 2. The molecule has 0 bridgehead atoms. The molecule has 3 aromatic heterocycles. The second kappa shape index (κ2) is 7.92. The summed E-state index contributed by atoms with van der Waals surface area (Å²) in [6.45, 7) is 3.07. The highest BCUT2D eigenvalue weighted by Gasteiger charge is 2.31. The van der Waals surface area contributed by atoms with Crippen molar-refractivity contribution < 1.29 is 17.6 Å². The summed E-state index contributed by atoms with van der Waals surface area (Å²) >= 11 is 0. The highest BCUT2D eigenvalue weighted by molar-refractivity contribution is 7.89. The van der Waals surface area contributed by atoms with E-state index in [2.05, 4.69) is 4.98 Å². The zero-order chi connectivity index (χ0) is 22.3. The number of nitrogens with zero attached hydrogens (tertiary/aromatic N) is 4. The smallest absolute Gasteiger partial charge is 0.289 e. The lowest BCUT2D eigenvalue weighted by Gasteiger charge is -2.33. The molecule has 1 fully saturated rings. The van der Waals surface area contributed by atoms with Crippen molar-refractivity contribution in [3.63, 3.8) is 0 Å². The summed E-state index contributed by atoms with van der Waals surface area (Å²) in [5.74, 6) is 0.0351. The van der Waals surface area contributed by atoms with E-state index in [0.717, 1.165) is 16.8 Å². The lowest BCUT2D eigenvalue weighted by atomic mass is 10.2. The Morgan fingerprint density at radius 2 is 1.84 bits per heavy atom. The lowest BCUT2D eigenvalue weighted by Crippen LogP contribution is -2.50. The van der Waals surface area contributed by atoms with E-state index in [-0.39, 0.29) is 29.7 Å². The standard InChI is InChI=1S/C23H22N4O4S/c1-17-5-3-9-26-16-20(24-22(17)26)18-6-2-7-19(15-18)32(29,30)27-12-10-25(11-13-27)23(28)21-8-4-14-31-21/h2-9,14-16H,10-13H2,1H3. The molecule has 0 aliphatic carbocycles. The third-order valence-electron chi connectivity index (χ3n) is 5.70. The van der Waals surface area contributed by atoms with Gasteiger partial charge in [0.05, 0.1) is 16.9 Å². The van der Waals surface area contributed by atoms with Gasteiger partial charge in [0.1, 0.15) is 5.65 Å². The molecule has 4 aromatic rings. The summed E-state index contributed by atoms with van der Waals surface area (Å²) in [6, 6.07) is 14.1. The van der Waals surface area contributed by atoms with E-state index in [9.17, 15) is 13.2 Å². The predicted octanol–water partition coefficient (Wildman–Crippen LogP) is 3.05. The summed E-state index contributed by atoms with van der Waals surface area (Å²) in [5.41, 5.74) is 3.34. The number of piperazine rings is 1. The Labute approximate surface area is 185 Å². The molecular formula is C23H22N4O4S. The van der Waals surface area contributed by atoms with Gasteiger partial charge in [-0.3, -0.25) is 4.79 Å². The van der Waals surface area contributed by atoms with Gasteiger partial charge >= 0.3 is 0 Å². The number of pyridine rings is 1. The molecule has 9 heteroatoms. The number of aryl methyl sites for hydroxylation is 1. The van der Waals surface area contributed by atoms with Crippen molar-refractivity contribution in [3.05, 3.63) is 78.5 Å². The Kier molecular flexibility index (Phi) is 5.07. The van der Waals surface area contributed by atoms with Gasteiger partial charge in [-0.15, -0.1) is 0 Å². The lowest BCUT2D eigenvalue weighted by molar-refractivity contribution is 0.0666. The van der Waals surface area contributed by atoms with Crippen molar-refractivity contribution >= 4 is 21.6 Å². The van der Waals surface area contributed by atoms with Gasteiger partial charge in [-0.25, -0.2) is 13.4 Å². The number of sulfonamides is 1. The molecule has 0 spiro atoms. The van der Waals surface area contributed by atoms with Gasteiger partial charge in [0.2, 0.25) is 10.0 Å². The van der Waals surface area contributed by atoms with Crippen molar-refractivity contribution in [1.29, 1.82) is 0 Å². The fraction of sp³-hybridized carbons (Fsp3) is 0.217. The molecule has 32 heavy (non-hydrogen) atoms. The number of carbonyl (C=O) groups excluding carboxylic acids is 1. The highest BCUT2D eigenvalue weighted by Crippen LogP contribution is 2.26. The van der Waals surface area contributed by atoms with Gasteiger partial charge in [0, 0.05) is 44.1 Å². The summed E-state index contributed by atoms with van der Waals surface area (Å²) in [5, 5.41) is 0. The molecule has 164 valence electrons. The van der Waals surface area contributed by atoms with Crippen LogP contribution in [0.1, 0.15) is 16.1 Å². The molecule has 1 aromatic carbocycles. The number of amides is 1. The topological polar surface area (TPSA) is 88.1 Å². The Bertz CT molecular complexity index is 1380. The Morgan fingerprint density at radius 1 is 1.03 bits per heavy atom. The van der Waals surface area contributed by atoms with E-state index in [0.29, 0.717) is 18.8 Å².